The molecule has 2 aliphatic rings. The Morgan fingerprint density at radius 2 is 1.78 bits per heavy atom. The Morgan fingerprint density at radius 3 is 2.47 bits per heavy atom. The molecule has 3 amide bonds. The van der Waals surface area contributed by atoms with Crippen LogP contribution in [0.3, 0.4) is 0 Å². The van der Waals surface area contributed by atoms with E-state index in [2.05, 4.69) is 29.4 Å². The summed E-state index contributed by atoms with van der Waals surface area (Å²) in [5.74, 6) is 1.34. The number of carbonyl (C=O) groups is 2. The van der Waals surface area contributed by atoms with Gasteiger partial charge in [0.15, 0.2) is 0 Å². The number of hydrogen-bond donors (Lipinski definition) is 2. The van der Waals surface area contributed by atoms with Crippen molar-refractivity contribution in [2.45, 2.75) is 38.8 Å². The third kappa shape index (κ3) is 6.77. The van der Waals surface area contributed by atoms with Crippen molar-refractivity contribution in [2.24, 2.45) is 11.8 Å². The molecule has 36 heavy (non-hydrogen) atoms. The molecule has 1 saturated carbocycles. The quantitative estimate of drug-likeness (QED) is 0.637. The summed E-state index contributed by atoms with van der Waals surface area (Å²) < 4.78 is 12.1. The van der Waals surface area contributed by atoms with E-state index in [-0.39, 0.29) is 30.0 Å². The van der Waals surface area contributed by atoms with Gasteiger partial charge < -0.3 is 25.0 Å². The number of rotatable bonds is 5. The number of methoxy groups -OCH3 is 1. The Labute approximate surface area is 213 Å². The number of anilines is 2. The summed E-state index contributed by atoms with van der Waals surface area (Å²) in [6.45, 7) is 7.23. The van der Waals surface area contributed by atoms with Crippen LogP contribution in [-0.2, 0) is 4.74 Å². The van der Waals surface area contributed by atoms with Gasteiger partial charge in [0.2, 0.25) is 0 Å². The first-order chi connectivity index (χ1) is 17.3. The molecule has 0 unspecified atom stereocenters. The van der Waals surface area contributed by atoms with Crippen molar-refractivity contribution in [3.05, 3.63) is 54.1 Å². The Balaban J connectivity index is 1.56. The van der Waals surface area contributed by atoms with Crippen LogP contribution in [0.15, 0.2) is 48.5 Å². The van der Waals surface area contributed by atoms with Crippen molar-refractivity contribution < 1.29 is 19.1 Å². The molecule has 2 aromatic rings. The van der Waals surface area contributed by atoms with Gasteiger partial charge in [-0.25, -0.2) is 4.79 Å². The SMILES string of the molecule is CO[C@H]1CN(C)C(=O)c2ccc(NC(=O)Nc3ccccc3)cc2OC[C@H](C)N(CC2CC2)C[C@H]1C. The van der Waals surface area contributed by atoms with Crippen molar-refractivity contribution >= 4 is 23.3 Å². The maximum absolute atomic E-state index is 13.4. The summed E-state index contributed by atoms with van der Waals surface area (Å²) in [6.07, 6.45) is 2.50. The summed E-state index contributed by atoms with van der Waals surface area (Å²) >= 11 is 0. The first-order valence-electron chi connectivity index (χ1n) is 12.8. The lowest BCUT2D eigenvalue weighted by Crippen LogP contribution is -2.47. The molecule has 0 aromatic heterocycles. The zero-order chi connectivity index (χ0) is 25.7. The molecule has 0 bridgehead atoms. The van der Waals surface area contributed by atoms with E-state index in [9.17, 15) is 9.59 Å². The van der Waals surface area contributed by atoms with E-state index >= 15 is 0 Å². The monoisotopic (exact) mass is 494 g/mol. The number of ether oxygens (including phenoxy) is 2. The fourth-order valence-corrected chi connectivity index (χ4v) is 4.63. The van der Waals surface area contributed by atoms with Gasteiger partial charge >= 0.3 is 6.03 Å². The van der Waals surface area contributed by atoms with Crippen molar-refractivity contribution in [3.63, 3.8) is 0 Å². The van der Waals surface area contributed by atoms with E-state index in [4.69, 9.17) is 9.47 Å². The molecule has 1 fully saturated rings. The first-order valence-corrected chi connectivity index (χ1v) is 12.8. The van der Waals surface area contributed by atoms with Crippen molar-refractivity contribution in [1.82, 2.24) is 9.80 Å². The predicted octanol–water partition coefficient (Wildman–Crippen LogP) is 4.55. The second-order valence-corrected chi connectivity index (χ2v) is 10.2. The van der Waals surface area contributed by atoms with Crippen LogP contribution in [0.2, 0.25) is 0 Å². The number of carbonyl (C=O) groups excluding carboxylic acids is 2. The third-order valence-electron chi connectivity index (χ3n) is 7.05. The van der Waals surface area contributed by atoms with E-state index in [0.717, 1.165) is 19.0 Å². The lowest BCUT2D eigenvalue weighted by Gasteiger charge is -2.36. The molecule has 0 radical (unpaired) electrons. The zero-order valence-corrected chi connectivity index (χ0v) is 21.7. The average molecular weight is 495 g/mol. The third-order valence-corrected chi connectivity index (χ3v) is 7.05. The minimum Gasteiger partial charge on any atom is -0.491 e. The Bertz CT molecular complexity index is 1040. The van der Waals surface area contributed by atoms with Crippen molar-refractivity contribution in [1.29, 1.82) is 0 Å². The molecule has 2 N–H and O–H groups in total. The van der Waals surface area contributed by atoms with Gasteiger partial charge in [-0.3, -0.25) is 9.69 Å². The van der Waals surface area contributed by atoms with Crippen LogP contribution in [0.25, 0.3) is 0 Å². The molecule has 1 heterocycles. The van der Waals surface area contributed by atoms with Crippen LogP contribution >= 0.6 is 0 Å². The van der Waals surface area contributed by atoms with Crippen molar-refractivity contribution in [2.75, 3.05) is 51.0 Å². The van der Waals surface area contributed by atoms with Crippen LogP contribution in [0.1, 0.15) is 37.0 Å². The van der Waals surface area contributed by atoms with E-state index < -0.39 is 0 Å². The van der Waals surface area contributed by atoms with Gasteiger partial charge in [0.1, 0.15) is 12.4 Å². The molecule has 2 aromatic carbocycles. The summed E-state index contributed by atoms with van der Waals surface area (Å²) in [5, 5.41) is 5.65. The Kier molecular flexibility index (Phi) is 8.48. The number of likely N-dealkylation sites (N-methyl/N-ethyl adjacent to an activating group) is 1. The van der Waals surface area contributed by atoms with Crippen LogP contribution in [0.5, 0.6) is 5.75 Å². The summed E-state index contributed by atoms with van der Waals surface area (Å²) in [6, 6.07) is 14.2. The molecular formula is C28H38N4O4. The Hall–Kier alpha value is -3.10. The second kappa shape index (κ2) is 11.8. The van der Waals surface area contributed by atoms with Gasteiger partial charge in [0.25, 0.3) is 5.91 Å². The smallest absolute Gasteiger partial charge is 0.323 e. The molecule has 1 aliphatic carbocycles. The highest BCUT2D eigenvalue weighted by Crippen LogP contribution is 2.32. The van der Waals surface area contributed by atoms with Gasteiger partial charge in [0, 0.05) is 57.3 Å². The maximum Gasteiger partial charge on any atom is 0.323 e. The second-order valence-electron chi connectivity index (χ2n) is 10.2. The molecule has 8 heteroatoms. The number of amides is 3. The highest BCUT2D eigenvalue weighted by Gasteiger charge is 2.31. The van der Waals surface area contributed by atoms with Crippen LogP contribution in [0.4, 0.5) is 16.2 Å². The van der Waals surface area contributed by atoms with Crippen LogP contribution < -0.4 is 15.4 Å². The molecule has 8 nitrogen and oxygen atoms in total. The van der Waals surface area contributed by atoms with Gasteiger partial charge in [-0.15, -0.1) is 0 Å². The summed E-state index contributed by atoms with van der Waals surface area (Å²) in [7, 11) is 3.51. The minimum absolute atomic E-state index is 0.0701. The Morgan fingerprint density at radius 1 is 1.06 bits per heavy atom. The summed E-state index contributed by atoms with van der Waals surface area (Å²) in [5.41, 5.74) is 1.71. The molecule has 3 atom stereocenters. The molecule has 4 rings (SSSR count). The van der Waals surface area contributed by atoms with Gasteiger partial charge in [-0.05, 0) is 55.9 Å². The lowest BCUT2D eigenvalue weighted by molar-refractivity contribution is 0.00994. The van der Waals surface area contributed by atoms with E-state index in [1.54, 1.807) is 37.3 Å². The largest absolute Gasteiger partial charge is 0.491 e. The topological polar surface area (TPSA) is 83.1 Å². The first kappa shape index (κ1) is 26.0. The normalized spacial score (nSPS) is 23.6. The average Bonchev–Trinajstić information content (AvgIpc) is 3.69. The number of fused-ring (bicyclic) bond motifs is 1. The molecule has 1 aliphatic heterocycles. The number of para-hydroxylation sites is 1. The highest BCUT2D eigenvalue weighted by atomic mass is 16.5. The highest BCUT2D eigenvalue weighted by molar-refractivity contribution is 6.01. The number of urea groups is 1. The number of nitrogens with zero attached hydrogens (tertiary/aromatic N) is 2. The zero-order valence-electron chi connectivity index (χ0n) is 21.7. The molecule has 0 spiro atoms. The maximum atomic E-state index is 13.4. The fourth-order valence-electron chi connectivity index (χ4n) is 4.63. The van der Waals surface area contributed by atoms with E-state index in [0.29, 0.717) is 35.8 Å². The fraction of sp³-hybridized carbons (Fsp3) is 0.500. The van der Waals surface area contributed by atoms with E-state index in [1.165, 1.54) is 12.8 Å². The lowest BCUT2D eigenvalue weighted by atomic mass is 10.0. The van der Waals surface area contributed by atoms with E-state index in [1.807, 2.05) is 30.3 Å². The van der Waals surface area contributed by atoms with Crippen LogP contribution in [-0.4, -0.2) is 74.3 Å². The number of nitrogens with one attached hydrogen (secondary N) is 2. The van der Waals surface area contributed by atoms with Gasteiger partial charge in [-0.2, -0.15) is 0 Å². The molecule has 194 valence electrons. The van der Waals surface area contributed by atoms with Crippen molar-refractivity contribution in [3.8, 4) is 5.75 Å². The van der Waals surface area contributed by atoms with Gasteiger partial charge in [0.05, 0.1) is 11.7 Å². The number of benzene rings is 2. The number of hydrogen-bond acceptors (Lipinski definition) is 5. The predicted molar refractivity (Wildman–Crippen MR) is 142 cm³/mol. The molecular weight excluding hydrogens is 456 g/mol. The standard InChI is InChI=1S/C28H38N4O4/c1-19-15-32(16-21-10-11-21)20(2)18-36-25-14-23(30-28(34)29-22-8-6-5-7-9-22)12-13-24(25)27(33)31(3)17-26(19)35-4/h5-9,12-14,19-21,26H,10-11,15-18H2,1-4H3,(H2,29,30,34)/t19-,20+,26+/m1/s1. The minimum atomic E-state index is -0.362. The van der Waals surface area contributed by atoms with Crippen LogP contribution in [0, 0.1) is 11.8 Å². The summed E-state index contributed by atoms with van der Waals surface area (Å²) in [4.78, 5) is 30.1. The van der Waals surface area contributed by atoms with Gasteiger partial charge in [-0.1, -0.05) is 25.1 Å². The molecule has 0 saturated heterocycles.